The number of amides is 1. The number of carbonyl (C=O) groups excluding carboxylic acids is 4. The van der Waals surface area contributed by atoms with Crippen LogP contribution >= 0.6 is 0 Å². The first-order chi connectivity index (χ1) is 31.8. The van der Waals surface area contributed by atoms with Crippen molar-refractivity contribution in [2.75, 3.05) is 13.2 Å². The number of aliphatic hydroxyl groups is 4. The van der Waals surface area contributed by atoms with Gasteiger partial charge in [0, 0.05) is 48.3 Å². The Hall–Kier alpha value is -4.86. The third-order valence-corrected chi connectivity index (χ3v) is 13.1. The van der Waals surface area contributed by atoms with Crippen molar-refractivity contribution in [3.8, 4) is 17.1 Å². The number of aliphatic hydroxyl groups excluding tert-OH is 3. The van der Waals surface area contributed by atoms with Crippen LogP contribution in [0, 0.1) is 11.8 Å². The quantitative estimate of drug-likeness (QED) is 0.0614. The highest BCUT2D eigenvalue weighted by molar-refractivity contribution is 5.90. The number of nitrogens with one attached hydrogen (secondary N) is 1. The maximum Gasteiger partial charge on any atom is 0.343 e. The van der Waals surface area contributed by atoms with Crippen molar-refractivity contribution in [2.24, 2.45) is 11.8 Å². The molecule has 19 nitrogen and oxygen atoms in total. The molecule has 0 bridgehead atoms. The standard InChI is InChI=1S/C48H63N3O16/c1-9-28-29-17-27(13-14-33(29)50-37-30(28)19-51-34(37)18-32-31(44(51)57)21-62-47(59)48(32,60)10-2)65-36(54)12-11-15-61-45(58)43-42(39(55)24(7)46(67-43)64-23(5)6)66-35-16-26(20-52)40(56)41(63-22(3)4)38(35)49-25(8)53/h13-14,17-18,22-24,26,35,38-43,46,52,55-56,60H,9-12,15-16,19-21H2,1-8H3,(H,49,53)/t24-,26-,35-,38+,39-,40-,41-,42+,43?,46-,48+/m1/s1. The molecule has 1 amide bonds. The number of benzene rings is 1. The lowest BCUT2D eigenvalue weighted by atomic mass is 9.79. The number of cyclic esters (lactones) is 1. The molecule has 19 heteroatoms. The van der Waals surface area contributed by atoms with Gasteiger partial charge >= 0.3 is 17.9 Å². The van der Waals surface area contributed by atoms with Crippen molar-refractivity contribution in [3.05, 3.63) is 56.9 Å². The molecular formula is C48H63N3O16. The zero-order chi connectivity index (χ0) is 48.6. The van der Waals surface area contributed by atoms with Crippen LogP contribution in [0.4, 0.5) is 0 Å². The number of fused-ring (bicyclic) bond motifs is 5. The number of pyridine rings is 2. The Morgan fingerprint density at radius 2 is 1.75 bits per heavy atom. The number of carbonyl (C=O) groups is 4. The zero-order valence-corrected chi connectivity index (χ0v) is 39.2. The van der Waals surface area contributed by atoms with Crippen LogP contribution in [0.3, 0.4) is 0 Å². The molecule has 3 aliphatic heterocycles. The first-order valence-electron chi connectivity index (χ1n) is 23.2. The lowest BCUT2D eigenvalue weighted by Gasteiger charge is -2.48. The molecule has 1 aromatic carbocycles. The molecule has 366 valence electrons. The van der Waals surface area contributed by atoms with E-state index in [2.05, 4.69) is 5.32 Å². The van der Waals surface area contributed by atoms with Crippen molar-refractivity contribution in [3.63, 3.8) is 0 Å². The summed E-state index contributed by atoms with van der Waals surface area (Å²) in [5.74, 6) is -3.87. The van der Waals surface area contributed by atoms with Gasteiger partial charge in [0.15, 0.2) is 18.0 Å². The van der Waals surface area contributed by atoms with Crippen LogP contribution in [0.25, 0.3) is 22.3 Å². The number of hydrogen-bond acceptors (Lipinski definition) is 17. The highest BCUT2D eigenvalue weighted by atomic mass is 16.7. The zero-order valence-electron chi connectivity index (χ0n) is 39.2. The first kappa shape index (κ1) is 50.0. The smallest absolute Gasteiger partial charge is 0.343 e. The van der Waals surface area contributed by atoms with Gasteiger partial charge in [0.2, 0.25) is 5.91 Å². The first-order valence-corrected chi connectivity index (χ1v) is 23.2. The minimum atomic E-state index is -1.95. The van der Waals surface area contributed by atoms with Gasteiger partial charge in [0.05, 0.1) is 72.2 Å². The third-order valence-electron chi connectivity index (χ3n) is 13.1. The summed E-state index contributed by atoms with van der Waals surface area (Å²) in [5.41, 5.74) is 1.46. The summed E-state index contributed by atoms with van der Waals surface area (Å²) in [6.07, 6.45) is -8.46. The number of nitrogens with zero attached hydrogens (tertiary/aromatic N) is 2. The summed E-state index contributed by atoms with van der Waals surface area (Å²) in [7, 11) is 0. The van der Waals surface area contributed by atoms with Crippen molar-refractivity contribution in [1.82, 2.24) is 14.9 Å². The van der Waals surface area contributed by atoms with Gasteiger partial charge in [0.1, 0.15) is 24.6 Å². The molecule has 1 unspecified atom stereocenters. The fourth-order valence-electron chi connectivity index (χ4n) is 9.70. The number of aromatic nitrogens is 2. The summed E-state index contributed by atoms with van der Waals surface area (Å²) in [4.78, 5) is 70.7. The monoisotopic (exact) mass is 937 g/mol. The fourth-order valence-corrected chi connectivity index (χ4v) is 9.70. The highest BCUT2D eigenvalue weighted by Crippen LogP contribution is 2.41. The fraction of sp³-hybridized carbons (Fsp3) is 0.625. The largest absolute Gasteiger partial charge is 0.464 e. The molecule has 0 spiro atoms. The minimum absolute atomic E-state index is 0.0256. The summed E-state index contributed by atoms with van der Waals surface area (Å²) >= 11 is 0. The molecule has 1 aliphatic carbocycles. The molecule has 2 fully saturated rings. The second kappa shape index (κ2) is 20.4. The molecule has 4 aliphatic rings. The van der Waals surface area contributed by atoms with Crippen LogP contribution in [0.2, 0.25) is 0 Å². The Balaban J connectivity index is 1.03. The second-order valence-corrected chi connectivity index (χ2v) is 18.4. The molecule has 5 heterocycles. The number of rotatable bonds is 16. The topological polar surface area (TPSA) is 261 Å². The molecule has 3 aromatic rings. The predicted octanol–water partition coefficient (Wildman–Crippen LogP) is 2.44. The van der Waals surface area contributed by atoms with E-state index < -0.39 is 96.8 Å². The van der Waals surface area contributed by atoms with Crippen LogP contribution in [-0.2, 0) is 72.8 Å². The SMILES string of the molecule is CCc1c2c(nc3ccc(OC(=O)CCCOC(=O)C4O[C@@H](OC(C)C)[C@H](C)[C@@H](O)[C@@H]4O[C@@H]4C[C@H](CO)[C@@H](O)[C@H](OC(C)C)[C@H]4NC(C)=O)cc13)-c1cc3c(c(=O)n1C2)COC(=O)[C@]3(O)CC. The van der Waals surface area contributed by atoms with E-state index in [1.54, 1.807) is 70.4 Å². The second-order valence-electron chi connectivity index (χ2n) is 18.4. The Bertz CT molecular complexity index is 2420. The van der Waals surface area contributed by atoms with Crippen LogP contribution in [-0.4, -0.2) is 128 Å². The van der Waals surface area contributed by atoms with Crippen LogP contribution in [0.15, 0.2) is 29.1 Å². The maximum atomic E-state index is 13.9. The number of hydrogen-bond donors (Lipinski definition) is 5. The Morgan fingerprint density at radius 3 is 2.40 bits per heavy atom. The van der Waals surface area contributed by atoms with Gasteiger partial charge in [-0.25, -0.2) is 14.6 Å². The van der Waals surface area contributed by atoms with E-state index in [0.717, 1.165) is 16.5 Å². The van der Waals surface area contributed by atoms with Crippen LogP contribution in [0.1, 0.15) is 103 Å². The molecule has 11 atom stereocenters. The van der Waals surface area contributed by atoms with E-state index in [1.165, 1.54) is 6.92 Å². The van der Waals surface area contributed by atoms with Gasteiger partial charge in [-0.1, -0.05) is 20.8 Å². The van der Waals surface area contributed by atoms with Crippen molar-refractivity contribution < 1.29 is 72.8 Å². The average Bonchev–Trinajstić information content (AvgIpc) is 3.65. The number of ether oxygens (including phenoxy) is 7. The van der Waals surface area contributed by atoms with E-state index in [-0.39, 0.29) is 80.1 Å². The number of esters is 3. The lowest BCUT2D eigenvalue weighted by Crippen LogP contribution is -2.66. The van der Waals surface area contributed by atoms with E-state index in [9.17, 15) is 44.4 Å². The molecule has 2 aromatic heterocycles. The Kier molecular flexibility index (Phi) is 15.2. The molecule has 1 saturated heterocycles. The molecular weight excluding hydrogens is 875 g/mol. The average molecular weight is 938 g/mol. The summed E-state index contributed by atoms with van der Waals surface area (Å²) in [6.45, 7) is 13.0. The van der Waals surface area contributed by atoms with Crippen molar-refractivity contribution >= 4 is 34.7 Å². The Morgan fingerprint density at radius 1 is 1.01 bits per heavy atom. The molecule has 67 heavy (non-hydrogen) atoms. The van der Waals surface area contributed by atoms with E-state index in [0.29, 0.717) is 23.3 Å². The van der Waals surface area contributed by atoms with Gasteiger partial charge in [-0.05, 0) is 83.2 Å². The van der Waals surface area contributed by atoms with Gasteiger partial charge in [0.25, 0.3) is 5.56 Å². The number of aryl methyl sites for hydroxylation is 1. The van der Waals surface area contributed by atoms with Crippen LogP contribution < -0.4 is 15.6 Å². The summed E-state index contributed by atoms with van der Waals surface area (Å²) < 4.78 is 42.7. The highest BCUT2D eigenvalue weighted by Gasteiger charge is 2.53. The van der Waals surface area contributed by atoms with E-state index >= 15 is 0 Å². The lowest BCUT2D eigenvalue weighted by molar-refractivity contribution is -0.302. The molecule has 5 N–H and O–H groups in total. The van der Waals surface area contributed by atoms with Crippen LogP contribution in [0.5, 0.6) is 5.75 Å². The summed E-state index contributed by atoms with van der Waals surface area (Å²) in [5, 5.41) is 47.8. The normalized spacial score (nSPS) is 29.0. The summed E-state index contributed by atoms with van der Waals surface area (Å²) in [6, 6.07) is 5.76. The predicted molar refractivity (Wildman–Crippen MR) is 237 cm³/mol. The minimum Gasteiger partial charge on any atom is -0.464 e. The Labute approximate surface area is 388 Å². The van der Waals surface area contributed by atoms with Crippen molar-refractivity contribution in [1.29, 1.82) is 0 Å². The molecule has 0 radical (unpaired) electrons. The molecule has 1 saturated carbocycles. The van der Waals surface area contributed by atoms with Gasteiger partial charge in [-0.2, -0.15) is 0 Å². The van der Waals surface area contributed by atoms with Gasteiger partial charge < -0.3 is 63.5 Å². The maximum absolute atomic E-state index is 13.9. The third kappa shape index (κ3) is 9.88. The van der Waals surface area contributed by atoms with E-state index in [1.807, 2.05) is 6.92 Å². The van der Waals surface area contributed by atoms with E-state index in [4.69, 9.17) is 38.1 Å². The molecule has 7 rings (SSSR count). The van der Waals surface area contributed by atoms with Gasteiger partial charge in [-0.15, -0.1) is 0 Å². The van der Waals surface area contributed by atoms with Gasteiger partial charge in [-0.3, -0.25) is 14.4 Å². The van der Waals surface area contributed by atoms with Crippen molar-refractivity contribution in [2.45, 2.75) is 167 Å².